The second-order valence-electron chi connectivity index (χ2n) is 7.36. The molecule has 0 bridgehead atoms. The van der Waals surface area contributed by atoms with Gasteiger partial charge in [0, 0.05) is 11.6 Å². The number of nitrogens with zero attached hydrogens (tertiary/aromatic N) is 1. The molecule has 1 saturated carbocycles. The van der Waals surface area contributed by atoms with Gasteiger partial charge in [0.1, 0.15) is 5.76 Å². The van der Waals surface area contributed by atoms with Gasteiger partial charge in [-0.3, -0.25) is 4.79 Å². The van der Waals surface area contributed by atoms with E-state index < -0.39 is 10.0 Å². The number of sulfonamides is 1. The maximum absolute atomic E-state index is 12.4. The van der Waals surface area contributed by atoms with E-state index in [4.69, 9.17) is 4.42 Å². The van der Waals surface area contributed by atoms with Crippen molar-refractivity contribution in [1.82, 2.24) is 15.0 Å². The molecule has 1 aliphatic carbocycles. The molecule has 0 saturated heterocycles. The number of furan rings is 1. The first-order valence-electron chi connectivity index (χ1n) is 9.83. The van der Waals surface area contributed by atoms with Gasteiger partial charge < -0.3 is 9.73 Å². The lowest BCUT2D eigenvalue weighted by molar-refractivity contribution is 0.0948. The largest absolute Gasteiger partial charge is 0.457 e. The van der Waals surface area contributed by atoms with Crippen LogP contribution in [0.3, 0.4) is 0 Å². The van der Waals surface area contributed by atoms with Crippen LogP contribution in [0.25, 0.3) is 21.0 Å². The average molecular weight is 454 g/mol. The Bertz CT molecular complexity index is 1320. The summed E-state index contributed by atoms with van der Waals surface area (Å²) >= 11 is 1.55. The molecule has 0 spiro atoms. The number of rotatable bonds is 7. The Morgan fingerprint density at radius 2 is 1.84 bits per heavy atom. The maximum Gasteiger partial charge on any atom is 0.251 e. The van der Waals surface area contributed by atoms with Gasteiger partial charge in [-0.1, -0.05) is 12.1 Å². The van der Waals surface area contributed by atoms with E-state index in [1.54, 1.807) is 17.4 Å². The predicted octanol–water partition coefficient (Wildman–Crippen LogP) is 3.93. The van der Waals surface area contributed by atoms with E-state index in [2.05, 4.69) is 15.0 Å². The number of amides is 1. The highest BCUT2D eigenvalue weighted by molar-refractivity contribution is 7.89. The van der Waals surface area contributed by atoms with Crippen LogP contribution in [0.15, 0.2) is 70.0 Å². The standard InChI is InChI=1S/C22H19N3O4S2/c26-21(14-5-10-17(11-6-14)31(27,28)25-15-7-8-15)23-13-16-9-12-19(29-16)22-24-18-3-1-2-4-20(18)30-22/h1-6,9-12,15,25H,7-8,13H2,(H,23,26). The Morgan fingerprint density at radius 1 is 1.06 bits per heavy atom. The summed E-state index contributed by atoms with van der Waals surface area (Å²) in [5, 5.41) is 3.58. The molecule has 1 amide bonds. The van der Waals surface area contributed by atoms with Gasteiger partial charge in [-0.05, 0) is 61.4 Å². The Labute approximate surface area is 183 Å². The molecule has 5 rings (SSSR count). The highest BCUT2D eigenvalue weighted by Gasteiger charge is 2.28. The van der Waals surface area contributed by atoms with Crippen LogP contribution in [0.4, 0.5) is 0 Å². The number of fused-ring (bicyclic) bond motifs is 1. The molecule has 0 radical (unpaired) electrons. The lowest BCUT2D eigenvalue weighted by atomic mass is 10.2. The molecule has 0 atom stereocenters. The van der Waals surface area contributed by atoms with E-state index in [0.717, 1.165) is 28.1 Å². The highest BCUT2D eigenvalue weighted by Crippen LogP contribution is 2.31. The van der Waals surface area contributed by atoms with Crippen LogP contribution in [-0.4, -0.2) is 25.4 Å². The average Bonchev–Trinajstić information content (AvgIpc) is 3.28. The maximum atomic E-state index is 12.4. The number of hydrogen-bond acceptors (Lipinski definition) is 6. The number of para-hydroxylation sites is 1. The molecule has 7 nitrogen and oxygen atoms in total. The van der Waals surface area contributed by atoms with Gasteiger partial charge in [-0.2, -0.15) is 0 Å². The van der Waals surface area contributed by atoms with E-state index >= 15 is 0 Å². The Morgan fingerprint density at radius 3 is 2.58 bits per heavy atom. The summed E-state index contributed by atoms with van der Waals surface area (Å²) < 4.78 is 34.0. The molecule has 0 unspecified atom stereocenters. The normalized spacial score (nSPS) is 14.1. The number of carbonyl (C=O) groups excluding carboxylic acids is 1. The zero-order valence-corrected chi connectivity index (χ0v) is 18.0. The van der Waals surface area contributed by atoms with Crippen LogP contribution in [0.1, 0.15) is 29.0 Å². The van der Waals surface area contributed by atoms with E-state index in [1.165, 1.54) is 24.3 Å². The fraction of sp³-hybridized carbons (Fsp3) is 0.182. The quantitative estimate of drug-likeness (QED) is 0.442. The van der Waals surface area contributed by atoms with Gasteiger partial charge in [-0.25, -0.2) is 18.1 Å². The molecule has 1 fully saturated rings. The van der Waals surface area contributed by atoms with Crippen molar-refractivity contribution in [3.05, 3.63) is 72.0 Å². The van der Waals surface area contributed by atoms with E-state index in [9.17, 15) is 13.2 Å². The number of benzene rings is 2. The molecule has 2 N–H and O–H groups in total. The fourth-order valence-corrected chi connectivity index (χ4v) is 5.34. The lowest BCUT2D eigenvalue weighted by Gasteiger charge is -2.07. The van der Waals surface area contributed by atoms with Crippen LogP contribution in [-0.2, 0) is 16.6 Å². The second-order valence-corrected chi connectivity index (χ2v) is 10.1. The summed E-state index contributed by atoms with van der Waals surface area (Å²) in [5.41, 5.74) is 1.30. The Kier molecular flexibility index (Phi) is 5.09. The first-order chi connectivity index (χ1) is 15.0. The Hall–Kier alpha value is -3.01. The highest BCUT2D eigenvalue weighted by atomic mass is 32.2. The molecular formula is C22H19N3O4S2. The van der Waals surface area contributed by atoms with Crippen molar-refractivity contribution in [2.75, 3.05) is 0 Å². The zero-order chi connectivity index (χ0) is 21.4. The predicted molar refractivity (Wildman–Crippen MR) is 118 cm³/mol. The van der Waals surface area contributed by atoms with Crippen molar-refractivity contribution < 1.29 is 17.6 Å². The van der Waals surface area contributed by atoms with E-state index in [0.29, 0.717) is 17.1 Å². The fourth-order valence-electron chi connectivity index (χ4n) is 3.11. The van der Waals surface area contributed by atoms with Crippen LogP contribution in [0, 0.1) is 0 Å². The van der Waals surface area contributed by atoms with Crippen molar-refractivity contribution in [3.63, 3.8) is 0 Å². The smallest absolute Gasteiger partial charge is 0.251 e. The third-order valence-corrected chi connectivity index (χ3v) is 7.50. The molecule has 4 aromatic rings. The zero-order valence-electron chi connectivity index (χ0n) is 16.4. The van der Waals surface area contributed by atoms with Crippen molar-refractivity contribution in [1.29, 1.82) is 0 Å². The third-order valence-electron chi connectivity index (χ3n) is 4.92. The van der Waals surface area contributed by atoms with Crippen molar-refractivity contribution in [2.24, 2.45) is 0 Å². The van der Waals surface area contributed by atoms with Crippen LogP contribution < -0.4 is 10.0 Å². The summed E-state index contributed by atoms with van der Waals surface area (Å²) in [7, 11) is -3.53. The molecule has 1 aliphatic rings. The van der Waals surface area contributed by atoms with E-state index in [1.807, 2.05) is 30.3 Å². The van der Waals surface area contributed by atoms with Gasteiger partial charge in [0.2, 0.25) is 10.0 Å². The molecule has 2 heterocycles. The number of carbonyl (C=O) groups is 1. The van der Waals surface area contributed by atoms with Gasteiger partial charge in [0.05, 0.1) is 21.7 Å². The molecule has 0 aliphatic heterocycles. The first-order valence-corrected chi connectivity index (χ1v) is 12.1. The summed E-state index contributed by atoms with van der Waals surface area (Å²) in [6.45, 7) is 0.215. The molecule has 2 aromatic heterocycles. The van der Waals surface area contributed by atoms with Crippen molar-refractivity contribution in [2.45, 2.75) is 30.3 Å². The SMILES string of the molecule is O=C(NCc1ccc(-c2nc3ccccc3s2)o1)c1ccc(S(=O)(=O)NC2CC2)cc1. The number of nitrogens with one attached hydrogen (secondary N) is 2. The topological polar surface area (TPSA) is 101 Å². The monoisotopic (exact) mass is 453 g/mol. The summed E-state index contributed by atoms with van der Waals surface area (Å²) in [4.78, 5) is 17.2. The van der Waals surface area contributed by atoms with Crippen LogP contribution in [0.2, 0.25) is 0 Å². The second kappa shape index (κ2) is 7.92. The third kappa shape index (κ3) is 4.39. The molecule has 158 valence electrons. The molecule has 31 heavy (non-hydrogen) atoms. The lowest BCUT2D eigenvalue weighted by Crippen LogP contribution is -2.26. The van der Waals surface area contributed by atoms with Gasteiger partial charge >= 0.3 is 0 Å². The first kappa shape index (κ1) is 19.9. The van der Waals surface area contributed by atoms with Crippen LogP contribution in [0.5, 0.6) is 0 Å². The molecule has 9 heteroatoms. The number of thiazole rings is 1. The Balaban J connectivity index is 1.22. The minimum atomic E-state index is -3.53. The van der Waals surface area contributed by atoms with Crippen molar-refractivity contribution >= 4 is 37.5 Å². The minimum Gasteiger partial charge on any atom is -0.457 e. The van der Waals surface area contributed by atoms with Gasteiger partial charge in [-0.15, -0.1) is 11.3 Å². The molecule has 2 aromatic carbocycles. The van der Waals surface area contributed by atoms with E-state index in [-0.39, 0.29) is 23.4 Å². The van der Waals surface area contributed by atoms with Gasteiger partial charge in [0.15, 0.2) is 10.8 Å². The van der Waals surface area contributed by atoms with Crippen molar-refractivity contribution in [3.8, 4) is 10.8 Å². The summed E-state index contributed by atoms with van der Waals surface area (Å²) in [6.07, 6.45) is 1.74. The van der Waals surface area contributed by atoms with Gasteiger partial charge in [0.25, 0.3) is 5.91 Å². The number of aromatic nitrogens is 1. The van der Waals surface area contributed by atoms with Crippen LogP contribution >= 0.6 is 11.3 Å². The number of hydrogen-bond donors (Lipinski definition) is 2. The minimum absolute atomic E-state index is 0.0360. The summed E-state index contributed by atoms with van der Waals surface area (Å²) in [6, 6.07) is 17.5. The summed E-state index contributed by atoms with van der Waals surface area (Å²) in [5.74, 6) is 0.954. The molecular weight excluding hydrogens is 434 g/mol.